The van der Waals surface area contributed by atoms with E-state index in [1.54, 1.807) is 4.90 Å². The van der Waals surface area contributed by atoms with Gasteiger partial charge in [0, 0.05) is 25.2 Å². The number of anilines is 1. The molecule has 3 heterocycles. The van der Waals surface area contributed by atoms with Gasteiger partial charge in [0.1, 0.15) is 13.1 Å². The standard InChI is InChI=1S/C29H41F2N6O2/c1-20-9-12-25-23(8-6-14-32-25)11-10-22(20)7-4-5-15-36(18-27(30)31)16-13-24(21(2)38)34-29-28-26(17-35(28)3)33-19-37(29)39/h10-11,17,19,24,27,32,39H,4-9,12-16,18H2,1-3H3/q+1/p+1/t24-/m0/s1. The van der Waals surface area contributed by atoms with Crippen molar-refractivity contribution in [2.45, 2.75) is 77.7 Å². The van der Waals surface area contributed by atoms with Gasteiger partial charge in [-0.1, -0.05) is 27.4 Å². The van der Waals surface area contributed by atoms with Crippen LogP contribution in [0.15, 0.2) is 40.9 Å². The highest BCUT2D eigenvalue weighted by atomic mass is 19.3. The van der Waals surface area contributed by atoms with Crippen molar-refractivity contribution >= 4 is 23.5 Å². The van der Waals surface area contributed by atoms with Gasteiger partial charge < -0.3 is 10.5 Å². The Kier molecular flexibility index (Phi) is 9.83. The van der Waals surface area contributed by atoms with Gasteiger partial charge in [0.25, 0.3) is 18.4 Å². The second-order valence-corrected chi connectivity index (χ2v) is 10.8. The number of carbonyl (C=O) groups is 1. The molecular formula is C29H42F2N6O2+2. The van der Waals surface area contributed by atoms with E-state index in [2.05, 4.69) is 34.7 Å². The Morgan fingerprint density at radius 3 is 2.79 bits per heavy atom. The van der Waals surface area contributed by atoms with Crippen molar-refractivity contribution in [1.82, 2.24) is 15.2 Å². The number of aromatic nitrogens is 2. The number of unbranched alkanes of at least 4 members (excludes halogenated alkanes) is 1. The molecule has 0 fully saturated rings. The van der Waals surface area contributed by atoms with Gasteiger partial charge in [-0.15, -0.1) is 0 Å². The molecule has 3 aliphatic rings. The van der Waals surface area contributed by atoms with E-state index in [0.717, 1.165) is 49.8 Å². The molecule has 10 heteroatoms. The predicted octanol–water partition coefficient (Wildman–Crippen LogP) is 4.11. The lowest BCUT2D eigenvalue weighted by Crippen LogP contribution is -2.43. The van der Waals surface area contributed by atoms with Crippen LogP contribution in [0.3, 0.4) is 0 Å². The van der Waals surface area contributed by atoms with Crippen molar-refractivity contribution in [3.05, 3.63) is 46.6 Å². The molecule has 1 aromatic rings. The summed E-state index contributed by atoms with van der Waals surface area (Å²) in [5.41, 5.74) is 6.97. The van der Waals surface area contributed by atoms with E-state index >= 15 is 0 Å². The van der Waals surface area contributed by atoms with Gasteiger partial charge in [-0.2, -0.15) is 4.58 Å². The number of fused-ring (bicyclic) bond motifs is 1. The first kappa shape index (κ1) is 28.9. The van der Waals surface area contributed by atoms with Crippen LogP contribution < -0.4 is 15.4 Å². The van der Waals surface area contributed by atoms with Gasteiger partial charge in [-0.25, -0.2) is 8.78 Å². The average Bonchev–Trinajstić information content (AvgIpc) is 2.88. The van der Waals surface area contributed by atoms with Crippen LogP contribution in [0.5, 0.6) is 0 Å². The zero-order valence-corrected chi connectivity index (χ0v) is 23.3. The molecule has 1 atom stereocenters. The first-order chi connectivity index (χ1) is 18.7. The van der Waals surface area contributed by atoms with E-state index in [9.17, 15) is 18.8 Å². The maximum Gasteiger partial charge on any atom is 0.336 e. The van der Waals surface area contributed by atoms with Crippen molar-refractivity contribution < 1.29 is 28.1 Å². The van der Waals surface area contributed by atoms with Gasteiger partial charge in [0.2, 0.25) is 6.21 Å². The van der Waals surface area contributed by atoms with E-state index in [1.165, 1.54) is 42.1 Å². The number of ketones is 1. The van der Waals surface area contributed by atoms with E-state index in [-0.39, 0.29) is 12.3 Å². The highest BCUT2D eigenvalue weighted by Crippen LogP contribution is 2.29. The highest BCUT2D eigenvalue weighted by molar-refractivity contribution is 5.91. The summed E-state index contributed by atoms with van der Waals surface area (Å²) in [5, 5.41) is 16.9. The zero-order valence-electron chi connectivity index (χ0n) is 23.3. The molecule has 1 aromatic heterocycles. The minimum Gasteiger partial charge on any atom is -0.388 e. The minimum atomic E-state index is -2.44. The fraction of sp³-hybridized carbons (Fsp3) is 0.586. The lowest BCUT2D eigenvalue weighted by molar-refractivity contribution is -0.896. The zero-order chi connectivity index (χ0) is 27.9. The van der Waals surface area contributed by atoms with Crippen LogP contribution in [0, 0.1) is 0 Å². The first-order valence-corrected chi connectivity index (χ1v) is 14.0. The van der Waals surface area contributed by atoms with Crippen LogP contribution in [-0.4, -0.2) is 77.4 Å². The summed E-state index contributed by atoms with van der Waals surface area (Å²) in [6.07, 6.45) is 12.6. The van der Waals surface area contributed by atoms with Gasteiger partial charge >= 0.3 is 11.5 Å². The Balaban J connectivity index is 1.31. The number of carbonyl (C=O) groups excluding carboxylic acids is 1. The molecule has 0 unspecified atom stereocenters. The van der Waals surface area contributed by atoms with E-state index in [1.807, 2.05) is 17.8 Å². The lowest BCUT2D eigenvalue weighted by Gasteiger charge is -2.24. The summed E-state index contributed by atoms with van der Waals surface area (Å²) in [6, 6.07) is -0.620. The van der Waals surface area contributed by atoms with Crippen LogP contribution in [0.2, 0.25) is 0 Å². The summed E-state index contributed by atoms with van der Waals surface area (Å²) in [6.45, 7) is 5.32. The van der Waals surface area contributed by atoms with Gasteiger partial charge in [0.15, 0.2) is 5.78 Å². The predicted molar refractivity (Wildman–Crippen MR) is 147 cm³/mol. The number of Topliss-reactive ketones (excluding diaryl/α,β-unsaturated/α-hetero) is 1. The number of alkyl halides is 2. The smallest absolute Gasteiger partial charge is 0.336 e. The van der Waals surface area contributed by atoms with E-state index in [0.29, 0.717) is 36.7 Å². The quantitative estimate of drug-likeness (QED) is 0.197. The Morgan fingerprint density at radius 2 is 2.05 bits per heavy atom. The molecule has 2 aliphatic heterocycles. The number of allylic oxidation sites excluding steroid dienone is 6. The highest BCUT2D eigenvalue weighted by Gasteiger charge is 2.38. The summed E-state index contributed by atoms with van der Waals surface area (Å²) in [4.78, 5) is 18.3. The first-order valence-electron chi connectivity index (χ1n) is 14.0. The van der Waals surface area contributed by atoms with Crippen molar-refractivity contribution in [2.75, 3.05) is 38.5 Å². The van der Waals surface area contributed by atoms with Crippen LogP contribution in [0.1, 0.15) is 70.9 Å². The molecule has 0 aromatic carbocycles. The number of nitrogens with zero attached hydrogens (tertiary/aromatic N) is 4. The Hall–Kier alpha value is -3.14. The monoisotopic (exact) mass is 544 g/mol. The third kappa shape index (κ3) is 7.50. The number of nitrogens with one attached hydrogen (secondary N) is 2. The third-order valence-corrected chi connectivity index (χ3v) is 7.91. The van der Waals surface area contributed by atoms with Crippen LogP contribution in [0.4, 0.5) is 20.3 Å². The van der Waals surface area contributed by atoms with Gasteiger partial charge in [0.05, 0.1) is 6.54 Å². The summed E-state index contributed by atoms with van der Waals surface area (Å²) >= 11 is 0. The number of halogens is 2. The SMILES string of the molecule is CC(=O)[C@H](CCN(CCCCC1=C(C)CCC2=C(C=C1)CCCN2)CC(F)F)Nc1c2c(nc[n+]1O)C=[N+]2C. The third-order valence-electron chi connectivity index (χ3n) is 7.91. The molecule has 212 valence electrons. The molecule has 0 saturated heterocycles. The van der Waals surface area contributed by atoms with Crippen molar-refractivity contribution in [3.8, 4) is 0 Å². The molecule has 8 nitrogen and oxygen atoms in total. The van der Waals surface area contributed by atoms with Crippen molar-refractivity contribution in [3.63, 3.8) is 0 Å². The largest absolute Gasteiger partial charge is 0.388 e. The maximum absolute atomic E-state index is 13.4. The minimum absolute atomic E-state index is 0.117. The van der Waals surface area contributed by atoms with Crippen molar-refractivity contribution in [2.24, 2.45) is 0 Å². The Labute approximate surface area is 229 Å². The molecule has 0 radical (unpaired) electrons. The molecular weight excluding hydrogens is 502 g/mol. The summed E-state index contributed by atoms with van der Waals surface area (Å²) in [7, 11) is 1.83. The molecule has 0 saturated carbocycles. The average molecular weight is 545 g/mol. The molecule has 0 bridgehead atoms. The number of hydrogen-bond donors (Lipinski definition) is 3. The molecule has 39 heavy (non-hydrogen) atoms. The van der Waals surface area contributed by atoms with Gasteiger partial charge in [-0.05, 0) is 76.5 Å². The normalized spacial score (nSPS) is 17.7. The second kappa shape index (κ2) is 13.3. The second-order valence-electron chi connectivity index (χ2n) is 10.8. The van der Waals surface area contributed by atoms with E-state index < -0.39 is 12.5 Å². The molecule has 4 rings (SSSR count). The van der Waals surface area contributed by atoms with Crippen LogP contribution >= 0.6 is 0 Å². The van der Waals surface area contributed by atoms with Crippen LogP contribution in [0.25, 0.3) is 0 Å². The number of hydrogen-bond acceptors (Lipinski definition) is 6. The molecule has 0 spiro atoms. The Bertz CT molecular complexity index is 1190. The Morgan fingerprint density at radius 1 is 1.23 bits per heavy atom. The summed E-state index contributed by atoms with van der Waals surface area (Å²) < 4.78 is 29.4. The lowest BCUT2D eigenvalue weighted by atomic mass is 9.91. The van der Waals surface area contributed by atoms with Crippen LogP contribution in [-0.2, 0) is 4.79 Å². The summed E-state index contributed by atoms with van der Waals surface area (Å²) in [5.74, 6) is 0.252. The molecule has 3 N–H and O–H groups in total. The van der Waals surface area contributed by atoms with Crippen molar-refractivity contribution in [1.29, 1.82) is 0 Å². The van der Waals surface area contributed by atoms with Gasteiger partial charge in [-0.3, -0.25) is 15.0 Å². The topological polar surface area (TPSA) is 84.4 Å². The fourth-order valence-corrected chi connectivity index (χ4v) is 5.55. The fourth-order valence-electron chi connectivity index (χ4n) is 5.55. The van der Waals surface area contributed by atoms with E-state index in [4.69, 9.17) is 0 Å². The number of rotatable bonds is 13. The molecule has 0 amide bonds. The maximum atomic E-state index is 13.4. The molecule has 1 aliphatic carbocycles.